The van der Waals surface area contributed by atoms with E-state index >= 15 is 0 Å². The van der Waals surface area contributed by atoms with Crippen LogP contribution in [0.4, 0.5) is 4.39 Å². The van der Waals surface area contributed by atoms with Crippen LogP contribution in [0.15, 0.2) is 24.3 Å². The zero-order valence-electron chi connectivity index (χ0n) is 10.1. The van der Waals surface area contributed by atoms with Crippen molar-refractivity contribution in [1.29, 1.82) is 0 Å². The number of aliphatic hydroxyl groups excluding tert-OH is 2. The second-order valence-corrected chi connectivity index (χ2v) is 4.06. The predicted molar refractivity (Wildman–Crippen MR) is 65.1 cm³/mol. The van der Waals surface area contributed by atoms with Gasteiger partial charge in [-0.15, -0.1) is 0 Å². The molecule has 0 saturated heterocycles. The van der Waals surface area contributed by atoms with E-state index in [9.17, 15) is 9.50 Å². The molecule has 0 spiro atoms. The van der Waals surface area contributed by atoms with Gasteiger partial charge >= 0.3 is 0 Å². The Morgan fingerprint density at radius 2 is 2.06 bits per heavy atom. The molecule has 0 aliphatic rings. The van der Waals surface area contributed by atoms with Gasteiger partial charge < -0.3 is 15.5 Å². The number of hydrogen-bond acceptors (Lipinski definition) is 3. The molecule has 0 fully saturated rings. The van der Waals surface area contributed by atoms with Crippen LogP contribution in [0.1, 0.15) is 31.4 Å². The third-order valence-electron chi connectivity index (χ3n) is 2.83. The van der Waals surface area contributed by atoms with Crippen LogP contribution in [0.2, 0.25) is 0 Å². The van der Waals surface area contributed by atoms with Crippen molar-refractivity contribution in [1.82, 2.24) is 5.32 Å². The summed E-state index contributed by atoms with van der Waals surface area (Å²) < 4.78 is 13.4. The molecule has 1 aromatic carbocycles. The highest BCUT2D eigenvalue weighted by atomic mass is 19.1. The van der Waals surface area contributed by atoms with E-state index in [1.54, 1.807) is 18.2 Å². The van der Waals surface area contributed by atoms with E-state index in [0.717, 1.165) is 6.42 Å². The predicted octanol–water partition coefficient (Wildman–Crippen LogP) is 1.61. The Morgan fingerprint density at radius 3 is 2.65 bits per heavy atom. The smallest absolute Gasteiger partial charge is 0.129 e. The minimum atomic E-state index is -0.857. The van der Waals surface area contributed by atoms with Gasteiger partial charge in [0.25, 0.3) is 0 Å². The fourth-order valence-electron chi connectivity index (χ4n) is 1.74. The second-order valence-electron chi connectivity index (χ2n) is 4.06. The summed E-state index contributed by atoms with van der Waals surface area (Å²) in [5.74, 6) is -0.392. The van der Waals surface area contributed by atoms with Crippen LogP contribution < -0.4 is 5.32 Å². The average molecular weight is 241 g/mol. The topological polar surface area (TPSA) is 52.5 Å². The molecule has 2 atom stereocenters. The van der Waals surface area contributed by atoms with Gasteiger partial charge in [0.15, 0.2) is 0 Å². The molecule has 2 unspecified atom stereocenters. The Hall–Kier alpha value is -0.970. The summed E-state index contributed by atoms with van der Waals surface area (Å²) in [4.78, 5) is 0. The second kappa shape index (κ2) is 7.37. The summed E-state index contributed by atoms with van der Waals surface area (Å²) >= 11 is 0. The van der Waals surface area contributed by atoms with Crippen molar-refractivity contribution < 1.29 is 14.6 Å². The molecular formula is C13H20FNO2. The van der Waals surface area contributed by atoms with Crippen molar-refractivity contribution in [3.63, 3.8) is 0 Å². The zero-order valence-corrected chi connectivity index (χ0v) is 10.1. The average Bonchev–Trinajstić information content (AvgIpc) is 2.34. The quantitative estimate of drug-likeness (QED) is 0.680. The van der Waals surface area contributed by atoms with E-state index in [-0.39, 0.29) is 12.6 Å². The lowest BCUT2D eigenvalue weighted by atomic mass is 10.1. The van der Waals surface area contributed by atoms with E-state index in [0.29, 0.717) is 18.5 Å². The number of nitrogens with one attached hydrogen (secondary N) is 1. The molecular weight excluding hydrogens is 221 g/mol. The van der Waals surface area contributed by atoms with E-state index in [1.807, 2.05) is 6.92 Å². The maximum atomic E-state index is 13.4. The highest BCUT2D eigenvalue weighted by Gasteiger charge is 2.13. The van der Waals surface area contributed by atoms with Crippen LogP contribution in [0, 0.1) is 5.82 Å². The van der Waals surface area contributed by atoms with Crippen LogP contribution >= 0.6 is 0 Å². The monoisotopic (exact) mass is 241 g/mol. The zero-order chi connectivity index (χ0) is 12.7. The number of aliphatic hydroxyl groups is 2. The molecule has 17 heavy (non-hydrogen) atoms. The number of rotatable bonds is 7. The van der Waals surface area contributed by atoms with Gasteiger partial charge in [-0.05, 0) is 18.9 Å². The molecule has 1 rings (SSSR count). The van der Waals surface area contributed by atoms with Crippen LogP contribution in [-0.2, 0) is 0 Å². The van der Waals surface area contributed by atoms with E-state index < -0.39 is 11.9 Å². The Bertz CT molecular complexity index is 333. The number of halogens is 1. The van der Waals surface area contributed by atoms with E-state index in [1.165, 1.54) is 6.07 Å². The third kappa shape index (κ3) is 4.42. The molecule has 0 aromatic heterocycles. The van der Waals surface area contributed by atoms with Gasteiger partial charge in [0, 0.05) is 24.8 Å². The van der Waals surface area contributed by atoms with Gasteiger partial charge in [-0.3, -0.25) is 0 Å². The van der Waals surface area contributed by atoms with Gasteiger partial charge in [0.1, 0.15) is 5.82 Å². The largest absolute Gasteiger partial charge is 0.396 e. The van der Waals surface area contributed by atoms with Gasteiger partial charge in [-0.1, -0.05) is 25.1 Å². The first-order valence-electron chi connectivity index (χ1n) is 5.95. The third-order valence-corrected chi connectivity index (χ3v) is 2.83. The van der Waals surface area contributed by atoms with Crippen molar-refractivity contribution in [3.05, 3.63) is 35.6 Å². The maximum absolute atomic E-state index is 13.4. The van der Waals surface area contributed by atoms with Crippen LogP contribution in [0.3, 0.4) is 0 Å². The van der Waals surface area contributed by atoms with Gasteiger partial charge in [-0.25, -0.2) is 4.39 Å². The molecule has 0 heterocycles. The van der Waals surface area contributed by atoms with Crippen LogP contribution in [0.5, 0.6) is 0 Å². The van der Waals surface area contributed by atoms with Crippen molar-refractivity contribution in [2.24, 2.45) is 0 Å². The standard InChI is InChI=1S/C13H20FNO2/c1-2-10(7-8-16)15-9-13(17)11-5-3-4-6-12(11)14/h3-6,10,13,15-17H,2,7-9H2,1H3. The molecule has 3 nitrogen and oxygen atoms in total. The molecule has 0 bridgehead atoms. The summed E-state index contributed by atoms with van der Waals surface area (Å²) in [6.07, 6.45) is 0.648. The van der Waals surface area contributed by atoms with Crippen LogP contribution in [-0.4, -0.2) is 29.4 Å². The summed E-state index contributed by atoms with van der Waals surface area (Å²) in [7, 11) is 0. The number of hydrogen-bond donors (Lipinski definition) is 3. The van der Waals surface area contributed by atoms with Crippen molar-refractivity contribution in [3.8, 4) is 0 Å². The van der Waals surface area contributed by atoms with Crippen molar-refractivity contribution >= 4 is 0 Å². The van der Waals surface area contributed by atoms with Gasteiger partial charge in [0.2, 0.25) is 0 Å². The molecule has 0 saturated carbocycles. The lowest BCUT2D eigenvalue weighted by molar-refractivity contribution is 0.160. The van der Waals surface area contributed by atoms with Crippen LogP contribution in [0.25, 0.3) is 0 Å². The number of benzene rings is 1. The molecule has 0 aliphatic heterocycles. The van der Waals surface area contributed by atoms with E-state index in [2.05, 4.69) is 5.32 Å². The summed E-state index contributed by atoms with van der Waals surface area (Å²) in [6, 6.07) is 6.37. The van der Waals surface area contributed by atoms with Gasteiger partial charge in [0.05, 0.1) is 6.10 Å². The Morgan fingerprint density at radius 1 is 1.35 bits per heavy atom. The maximum Gasteiger partial charge on any atom is 0.129 e. The lowest BCUT2D eigenvalue weighted by Crippen LogP contribution is -2.33. The molecule has 0 radical (unpaired) electrons. The Balaban J connectivity index is 2.49. The van der Waals surface area contributed by atoms with Gasteiger partial charge in [-0.2, -0.15) is 0 Å². The van der Waals surface area contributed by atoms with Crippen molar-refractivity contribution in [2.45, 2.75) is 31.9 Å². The SMILES string of the molecule is CCC(CCO)NCC(O)c1ccccc1F. The first-order valence-corrected chi connectivity index (χ1v) is 5.95. The minimum Gasteiger partial charge on any atom is -0.396 e. The van der Waals surface area contributed by atoms with E-state index in [4.69, 9.17) is 5.11 Å². The Labute approximate surface area is 101 Å². The first-order chi connectivity index (χ1) is 8.19. The highest BCUT2D eigenvalue weighted by molar-refractivity contribution is 5.19. The molecule has 4 heteroatoms. The Kier molecular flexibility index (Phi) is 6.11. The lowest BCUT2D eigenvalue weighted by Gasteiger charge is -2.19. The fourth-order valence-corrected chi connectivity index (χ4v) is 1.74. The minimum absolute atomic E-state index is 0.112. The fraction of sp³-hybridized carbons (Fsp3) is 0.538. The summed E-state index contributed by atoms with van der Waals surface area (Å²) in [5.41, 5.74) is 0.304. The molecule has 3 N–H and O–H groups in total. The molecule has 1 aromatic rings. The summed E-state index contributed by atoms with van der Waals surface area (Å²) in [6.45, 7) is 2.41. The normalized spacial score (nSPS) is 14.6. The highest BCUT2D eigenvalue weighted by Crippen LogP contribution is 2.16. The summed E-state index contributed by atoms with van der Waals surface area (Å²) in [5, 5.41) is 21.8. The molecule has 0 amide bonds. The van der Waals surface area contributed by atoms with Crippen molar-refractivity contribution in [2.75, 3.05) is 13.2 Å². The first kappa shape index (κ1) is 14.1. The molecule has 96 valence electrons. The molecule has 0 aliphatic carbocycles.